The fraction of sp³-hybridized carbons (Fsp3) is 1.00. The van der Waals surface area contributed by atoms with Crippen molar-refractivity contribution in [3.8, 4) is 0 Å². The minimum absolute atomic E-state index is 0.179. The predicted octanol–water partition coefficient (Wildman–Crippen LogP) is -2.09. The number of hydrogen-bond acceptors (Lipinski definition) is 5. The molecule has 0 spiro atoms. The molecule has 82 valence electrons. The Hall–Kier alpha value is -0.200. The number of aliphatic hydroxyl groups excluding tert-OH is 4. The van der Waals surface area contributed by atoms with E-state index in [2.05, 4.69) is 0 Å². The molecule has 0 aromatic heterocycles. The summed E-state index contributed by atoms with van der Waals surface area (Å²) in [6.07, 6.45) is -0.985. The lowest BCUT2D eigenvalue weighted by molar-refractivity contribution is -0.0300. The van der Waals surface area contributed by atoms with E-state index in [-0.39, 0.29) is 6.61 Å². The molecule has 4 N–H and O–H groups in total. The summed E-state index contributed by atoms with van der Waals surface area (Å²) in [5.74, 6) is 0. The third-order valence-electron chi connectivity index (χ3n) is 3.40. The number of rotatable bonds is 1. The maximum absolute atomic E-state index is 9.70. The summed E-state index contributed by atoms with van der Waals surface area (Å²) in [6, 6.07) is -0.833. The number of piperidine rings is 1. The molecule has 0 unspecified atom stereocenters. The number of nitrogens with zero attached hydrogens (tertiary/aromatic N) is 1. The zero-order valence-corrected chi connectivity index (χ0v) is 7.95. The van der Waals surface area contributed by atoms with Crippen LogP contribution in [0.4, 0.5) is 0 Å². The molecule has 0 radical (unpaired) electrons. The van der Waals surface area contributed by atoms with Gasteiger partial charge in [0.05, 0.1) is 37.0 Å². The molecule has 5 heteroatoms. The lowest BCUT2D eigenvalue weighted by Crippen LogP contribution is -2.51. The Bertz CT molecular complexity index is 213. The van der Waals surface area contributed by atoms with Crippen LogP contribution in [0.3, 0.4) is 0 Å². The second-order valence-electron chi connectivity index (χ2n) is 4.17. The van der Waals surface area contributed by atoms with Crippen molar-refractivity contribution in [3.05, 3.63) is 0 Å². The molecule has 2 heterocycles. The van der Waals surface area contributed by atoms with Gasteiger partial charge in [0.25, 0.3) is 0 Å². The maximum atomic E-state index is 9.70. The summed E-state index contributed by atoms with van der Waals surface area (Å²) in [5.41, 5.74) is 0. The fourth-order valence-corrected chi connectivity index (χ4v) is 2.67. The minimum Gasteiger partial charge on any atom is -0.395 e. The molecule has 14 heavy (non-hydrogen) atoms. The lowest BCUT2D eigenvalue weighted by atomic mass is 9.97. The van der Waals surface area contributed by atoms with Crippen molar-refractivity contribution >= 4 is 0 Å². The summed E-state index contributed by atoms with van der Waals surface area (Å²) in [6.45, 7) is 0.544. The molecule has 0 bridgehead atoms. The van der Waals surface area contributed by atoms with Gasteiger partial charge in [-0.25, -0.2) is 0 Å². The van der Waals surface area contributed by atoms with Crippen LogP contribution in [0.25, 0.3) is 0 Å². The highest BCUT2D eigenvalue weighted by molar-refractivity contribution is 5.05. The van der Waals surface area contributed by atoms with E-state index in [1.165, 1.54) is 0 Å². The predicted molar refractivity (Wildman–Crippen MR) is 48.6 cm³/mol. The van der Waals surface area contributed by atoms with Crippen LogP contribution in [0, 0.1) is 0 Å². The summed E-state index contributed by atoms with van der Waals surface area (Å²) in [4.78, 5) is 1.82. The van der Waals surface area contributed by atoms with Crippen molar-refractivity contribution in [2.45, 2.75) is 43.2 Å². The van der Waals surface area contributed by atoms with Crippen molar-refractivity contribution < 1.29 is 20.4 Å². The topological polar surface area (TPSA) is 84.2 Å². The van der Waals surface area contributed by atoms with Gasteiger partial charge in [0.2, 0.25) is 0 Å². The van der Waals surface area contributed by atoms with E-state index in [4.69, 9.17) is 5.11 Å². The molecule has 0 saturated carbocycles. The molecule has 5 atom stereocenters. The van der Waals surface area contributed by atoms with Crippen molar-refractivity contribution in [2.24, 2.45) is 0 Å². The van der Waals surface area contributed by atoms with Crippen LogP contribution in [0.5, 0.6) is 0 Å². The highest BCUT2D eigenvalue weighted by Gasteiger charge is 2.51. The molecule has 2 aliphatic heterocycles. The van der Waals surface area contributed by atoms with Crippen LogP contribution < -0.4 is 0 Å². The van der Waals surface area contributed by atoms with Gasteiger partial charge in [-0.05, 0) is 19.4 Å². The average molecular weight is 203 g/mol. The molecular formula is C9H17NO4. The Labute approximate surface area is 82.6 Å². The molecule has 0 aromatic carbocycles. The Morgan fingerprint density at radius 2 is 1.86 bits per heavy atom. The second kappa shape index (κ2) is 3.75. The monoisotopic (exact) mass is 203 g/mol. The van der Waals surface area contributed by atoms with Gasteiger partial charge in [0.15, 0.2) is 0 Å². The molecule has 2 rings (SSSR count). The Balaban J connectivity index is 2.19. The van der Waals surface area contributed by atoms with Gasteiger partial charge in [-0.3, -0.25) is 4.90 Å². The van der Waals surface area contributed by atoms with Crippen molar-refractivity contribution in [1.29, 1.82) is 0 Å². The van der Waals surface area contributed by atoms with Gasteiger partial charge in [-0.2, -0.15) is 0 Å². The first-order chi connectivity index (χ1) is 6.66. The third kappa shape index (κ3) is 1.36. The zero-order chi connectivity index (χ0) is 10.3. The zero-order valence-electron chi connectivity index (χ0n) is 7.95. The summed E-state index contributed by atoms with van der Waals surface area (Å²) in [7, 11) is 0. The third-order valence-corrected chi connectivity index (χ3v) is 3.40. The number of aliphatic hydroxyl groups is 4. The van der Waals surface area contributed by atoms with Crippen LogP contribution in [-0.4, -0.2) is 68.9 Å². The van der Waals surface area contributed by atoms with E-state index < -0.39 is 30.4 Å². The average Bonchev–Trinajstić information content (AvgIpc) is 2.41. The Kier molecular flexibility index (Phi) is 2.77. The van der Waals surface area contributed by atoms with E-state index in [9.17, 15) is 15.3 Å². The number of fused-ring (bicyclic) bond motifs is 1. The molecule has 2 fully saturated rings. The van der Waals surface area contributed by atoms with Crippen LogP contribution >= 0.6 is 0 Å². The van der Waals surface area contributed by atoms with E-state index in [1.54, 1.807) is 0 Å². The standard InChI is InChI=1S/C9H17NO4/c11-4-5-8(13)9(14)7-6(12)2-1-3-10(5)7/h5-9,11-14H,1-4H2/t5-,6+,7+,8-,9+/m0/s1. The van der Waals surface area contributed by atoms with Gasteiger partial charge >= 0.3 is 0 Å². The molecule has 2 aliphatic rings. The van der Waals surface area contributed by atoms with E-state index >= 15 is 0 Å². The summed E-state index contributed by atoms with van der Waals surface area (Å²) < 4.78 is 0. The second-order valence-corrected chi connectivity index (χ2v) is 4.17. The highest BCUT2D eigenvalue weighted by Crippen LogP contribution is 2.32. The van der Waals surface area contributed by atoms with Gasteiger partial charge in [0, 0.05) is 0 Å². The van der Waals surface area contributed by atoms with E-state index in [0.29, 0.717) is 6.42 Å². The highest BCUT2D eigenvalue weighted by atomic mass is 16.3. The Morgan fingerprint density at radius 1 is 1.14 bits per heavy atom. The first kappa shape index (κ1) is 10.3. The van der Waals surface area contributed by atoms with Crippen molar-refractivity contribution in [1.82, 2.24) is 4.90 Å². The largest absolute Gasteiger partial charge is 0.395 e. The van der Waals surface area contributed by atoms with Crippen molar-refractivity contribution in [2.75, 3.05) is 13.2 Å². The van der Waals surface area contributed by atoms with Crippen LogP contribution in [0.15, 0.2) is 0 Å². The van der Waals surface area contributed by atoms with Crippen LogP contribution in [0.2, 0.25) is 0 Å². The molecular weight excluding hydrogens is 186 g/mol. The molecule has 0 aliphatic carbocycles. The quantitative estimate of drug-likeness (QED) is 0.393. The smallest absolute Gasteiger partial charge is 0.0995 e. The van der Waals surface area contributed by atoms with Gasteiger partial charge in [0.1, 0.15) is 0 Å². The first-order valence-electron chi connectivity index (χ1n) is 5.07. The molecule has 2 saturated heterocycles. The van der Waals surface area contributed by atoms with Gasteiger partial charge < -0.3 is 20.4 Å². The van der Waals surface area contributed by atoms with E-state index in [1.807, 2.05) is 4.90 Å². The fourth-order valence-electron chi connectivity index (χ4n) is 2.67. The first-order valence-corrected chi connectivity index (χ1v) is 5.07. The summed E-state index contributed by atoms with van der Waals surface area (Å²) in [5, 5.41) is 38.1. The molecule has 0 amide bonds. The van der Waals surface area contributed by atoms with Gasteiger partial charge in [-0.15, -0.1) is 0 Å². The van der Waals surface area contributed by atoms with Crippen LogP contribution in [-0.2, 0) is 0 Å². The van der Waals surface area contributed by atoms with Gasteiger partial charge in [-0.1, -0.05) is 0 Å². The van der Waals surface area contributed by atoms with E-state index in [0.717, 1.165) is 13.0 Å². The molecule has 5 nitrogen and oxygen atoms in total. The van der Waals surface area contributed by atoms with Crippen molar-refractivity contribution in [3.63, 3.8) is 0 Å². The normalized spacial score (nSPS) is 49.3. The maximum Gasteiger partial charge on any atom is 0.0995 e. The SMILES string of the molecule is OC[C@H]1[C@H](O)[C@H](O)[C@H]2[C@H](O)CCCN21. The minimum atomic E-state index is -0.947. The molecule has 0 aromatic rings. The summed E-state index contributed by atoms with van der Waals surface area (Å²) >= 11 is 0. The lowest BCUT2D eigenvalue weighted by Gasteiger charge is -2.36. The number of hydrogen-bond donors (Lipinski definition) is 4. The van der Waals surface area contributed by atoms with Crippen LogP contribution in [0.1, 0.15) is 12.8 Å². The Morgan fingerprint density at radius 3 is 2.50 bits per heavy atom.